The van der Waals surface area contributed by atoms with Crippen LogP contribution in [0.4, 0.5) is 44.2 Å². The molecular weight excluding hydrogens is 907 g/mol. The summed E-state index contributed by atoms with van der Waals surface area (Å²) in [6, 6.07) is 29.2. The molecule has 21 heteroatoms. The van der Waals surface area contributed by atoms with E-state index in [1.54, 1.807) is 111 Å². The number of morpholine rings is 2. The molecule has 5 aromatic heterocycles. The predicted octanol–water partition coefficient (Wildman–Crippen LogP) is 6.79. The number of benzene rings is 3. The molecule has 2 aliphatic rings. The number of ether oxygens (including phenoxy) is 4. The van der Waals surface area contributed by atoms with E-state index in [9.17, 15) is 9.59 Å². The minimum absolute atomic E-state index is 0.134. The smallest absolute Gasteiger partial charge is 0.345 e. The molecule has 21 nitrogen and oxygen atoms in total. The average molecular weight is 954 g/mol. The van der Waals surface area contributed by atoms with Crippen molar-refractivity contribution in [2.24, 2.45) is 0 Å². The van der Waals surface area contributed by atoms with Crippen molar-refractivity contribution < 1.29 is 28.5 Å². The Bertz CT molecular complexity index is 3090. The molecule has 2 aliphatic heterocycles. The number of aromatic nitrogens is 9. The molecule has 0 saturated carbocycles. The van der Waals surface area contributed by atoms with Crippen LogP contribution in [0.25, 0.3) is 45.1 Å². The summed E-state index contributed by atoms with van der Waals surface area (Å²) in [4.78, 5) is 75.4. The first-order valence-electron chi connectivity index (χ1n) is 22.8. The predicted molar refractivity (Wildman–Crippen MR) is 266 cm³/mol. The van der Waals surface area contributed by atoms with Crippen LogP contribution in [0.15, 0.2) is 134 Å². The largest absolute Gasteiger partial charge is 0.461 e. The summed E-state index contributed by atoms with van der Waals surface area (Å²) in [5.41, 5.74) is 4.33. The first-order valence-corrected chi connectivity index (χ1v) is 22.8. The molecule has 0 bridgehead atoms. The number of rotatable bonds is 13. The van der Waals surface area contributed by atoms with Gasteiger partial charge in [0, 0.05) is 97.7 Å². The zero-order valence-electron chi connectivity index (χ0n) is 38.5. The van der Waals surface area contributed by atoms with Crippen LogP contribution in [-0.2, 0) is 14.2 Å². The number of para-hydroxylation sites is 1. The van der Waals surface area contributed by atoms with E-state index in [0.717, 1.165) is 16.5 Å². The van der Waals surface area contributed by atoms with Crippen molar-refractivity contribution in [3.8, 4) is 40.2 Å². The summed E-state index contributed by atoms with van der Waals surface area (Å²) in [5, 5.41) is 9.30. The van der Waals surface area contributed by atoms with Gasteiger partial charge in [-0.1, -0.05) is 18.2 Å². The highest BCUT2D eigenvalue weighted by Gasteiger charge is 2.31. The van der Waals surface area contributed by atoms with Crippen molar-refractivity contribution in [2.45, 2.75) is 0 Å². The quantitative estimate of drug-likeness (QED) is 0.0897. The minimum atomic E-state index is -0.664. The number of hydrazine groups is 1. The lowest BCUT2D eigenvalue weighted by Crippen LogP contribution is -2.53. The maximum atomic E-state index is 14.8. The van der Waals surface area contributed by atoms with E-state index >= 15 is 0 Å². The van der Waals surface area contributed by atoms with E-state index in [4.69, 9.17) is 38.9 Å². The van der Waals surface area contributed by atoms with E-state index in [1.807, 2.05) is 35.2 Å². The molecule has 0 aliphatic carbocycles. The zero-order valence-corrected chi connectivity index (χ0v) is 38.5. The van der Waals surface area contributed by atoms with Gasteiger partial charge in [-0.15, -0.1) is 0 Å². The molecule has 7 heterocycles. The van der Waals surface area contributed by atoms with Crippen LogP contribution in [0.1, 0.15) is 0 Å². The Morgan fingerprint density at radius 1 is 0.577 bits per heavy atom. The topological polar surface area (TPSA) is 224 Å². The number of anilines is 6. The molecule has 0 spiro atoms. The van der Waals surface area contributed by atoms with Crippen molar-refractivity contribution in [3.63, 3.8) is 0 Å². The molecule has 4 amide bonds. The van der Waals surface area contributed by atoms with E-state index in [2.05, 4.69) is 40.5 Å². The number of carbonyl (C=O) groups excluding carboxylic acids is 2. The molecule has 10 rings (SSSR count). The van der Waals surface area contributed by atoms with Crippen LogP contribution in [0.3, 0.4) is 0 Å². The number of hydrogen-bond acceptors (Lipinski definition) is 17. The van der Waals surface area contributed by atoms with Crippen LogP contribution in [-0.4, -0.2) is 130 Å². The van der Waals surface area contributed by atoms with Gasteiger partial charge in [-0.05, 0) is 84.9 Å². The van der Waals surface area contributed by atoms with Crippen LogP contribution in [0.2, 0.25) is 0 Å². The third-order valence-electron chi connectivity index (χ3n) is 11.4. The van der Waals surface area contributed by atoms with E-state index in [0.29, 0.717) is 122 Å². The highest BCUT2D eigenvalue weighted by molar-refractivity contribution is 6.13. The second-order valence-corrected chi connectivity index (χ2v) is 16.0. The van der Waals surface area contributed by atoms with Gasteiger partial charge in [0.2, 0.25) is 11.9 Å². The summed E-state index contributed by atoms with van der Waals surface area (Å²) in [7, 11) is 1.59. The van der Waals surface area contributed by atoms with Crippen LogP contribution < -0.4 is 35.2 Å². The maximum absolute atomic E-state index is 14.8. The number of hydrogen-bond donors (Lipinski definition) is 2. The van der Waals surface area contributed by atoms with Gasteiger partial charge < -0.3 is 39.4 Å². The summed E-state index contributed by atoms with van der Waals surface area (Å²) in [6.07, 6.45) is 7.99. The Morgan fingerprint density at radius 3 is 1.61 bits per heavy atom. The van der Waals surface area contributed by atoms with Gasteiger partial charge in [0.25, 0.3) is 0 Å². The van der Waals surface area contributed by atoms with Crippen LogP contribution in [0.5, 0.6) is 6.01 Å². The number of fused-ring (bicyclic) bond motifs is 1. The third-order valence-corrected chi connectivity index (χ3v) is 11.4. The minimum Gasteiger partial charge on any atom is -0.461 e. The molecule has 0 unspecified atom stereocenters. The monoisotopic (exact) mass is 953 g/mol. The van der Waals surface area contributed by atoms with E-state index in [-0.39, 0.29) is 12.6 Å². The van der Waals surface area contributed by atoms with Crippen molar-refractivity contribution in [3.05, 3.63) is 134 Å². The normalized spacial score (nSPS) is 13.6. The number of urea groups is 2. The van der Waals surface area contributed by atoms with Crippen LogP contribution in [0, 0.1) is 0 Å². The Balaban J connectivity index is 1.04. The zero-order chi connectivity index (χ0) is 48.4. The summed E-state index contributed by atoms with van der Waals surface area (Å²) in [5.74, 6) is 2.12. The fraction of sp³-hybridized carbons (Fsp3) is 0.220. The standard InChI is InChI=1S/C50H47N15O6/c1-68-30-31-71-48-60-44(58-47(61-48)63-24-28-70-29-25-63)35-8-12-41(13-9-35)65(50(67)55-39-16-20-52-21-17-39)64(49(66)54-38-14-18-51-19-15-38)40-10-6-34(7-11-40)43-56-45(59-46(57-43)62-22-26-69-27-23-62)37-32-36-4-2-3-5-42(36)53-33-37/h2-21,32-33H,22-31H2,1H3,(H,51,54,66)(H,52,55,67). The lowest BCUT2D eigenvalue weighted by molar-refractivity contribution is 0.121. The number of nitrogens with zero attached hydrogens (tertiary/aromatic N) is 13. The Labute approximate surface area is 407 Å². The summed E-state index contributed by atoms with van der Waals surface area (Å²) in [6.45, 7) is 5.09. The highest BCUT2D eigenvalue weighted by atomic mass is 16.5. The van der Waals surface area contributed by atoms with Crippen molar-refractivity contribution >= 4 is 57.6 Å². The summed E-state index contributed by atoms with van der Waals surface area (Å²) < 4.78 is 22.3. The fourth-order valence-electron chi connectivity index (χ4n) is 7.76. The van der Waals surface area contributed by atoms with Gasteiger partial charge in [-0.3, -0.25) is 15.0 Å². The molecule has 2 saturated heterocycles. The number of amides is 4. The number of carbonyl (C=O) groups is 2. The second-order valence-electron chi connectivity index (χ2n) is 16.0. The van der Waals surface area contributed by atoms with Gasteiger partial charge in [-0.25, -0.2) is 14.6 Å². The number of pyridine rings is 3. The lowest BCUT2D eigenvalue weighted by Gasteiger charge is -2.35. The number of methoxy groups -OCH3 is 1. The summed E-state index contributed by atoms with van der Waals surface area (Å²) >= 11 is 0. The molecule has 2 fully saturated rings. The van der Waals surface area contributed by atoms with Gasteiger partial charge in [0.15, 0.2) is 17.5 Å². The average Bonchev–Trinajstić information content (AvgIpc) is 3.43. The molecule has 0 atom stereocenters. The molecular formula is C50H47N15O6. The number of nitrogens with one attached hydrogen (secondary N) is 2. The maximum Gasteiger partial charge on any atom is 0.345 e. The van der Waals surface area contributed by atoms with Gasteiger partial charge >= 0.3 is 18.1 Å². The molecule has 8 aromatic rings. The first kappa shape index (κ1) is 46.0. The Morgan fingerprint density at radius 2 is 1.07 bits per heavy atom. The van der Waals surface area contributed by atoms with E-state index in [1.165, 1.54) is 10.0 Å². The molecule has 3 aromatic carbocycles. The van der Waals surface area contributed by atoms with Crippen molar-refractivity contribution in [2.75, 3.05) is 103 Å². The fourth-order valence-corrected chi connectivity index (χ4v) is 7.76. The second kappa shape index (κ2) is 21.7. The molecule has 2 N–H and O–H groups in total. The lowest BCUT2D eigenvalue weighted by atomic mass is 10.1. The van der Waals surface area contributed by atoms with Gasteiger partial charge in [0.05, 0.1) is 49.9 Å². The van der Waals surface area contributed by atoms with E-state index < -0.39 is 12.1 Å². The molecule has 0 radical (unpaired) electrons. The highest BCUT2D eigenvalue weighted by Crippen LogP contribution is 2.32. The SMILES string of the molecule is COCCOc1nc(-c2ccc(N(C(=O)Nc3ccncc3)N(C(=O)Nc3ccncc3)c3ccc(-c4nc(-c5cnc6ccccc6c5)nc(N5CCOCC5)n4)cc3)cc2)nc(N2CCOCC2)n1. The van der Waals surface area contributed by atoms with Gasteiger partial charge in [-0.2, -0.15) is 34.9 Å². The third kappa shape index (κ3) is 10.9. The Kier molecular flexibility index (Phi) is 14.0. The molecule has 358 valence electrons. The van der Waals surface area contributed by atoms with Crippen LogP contribution >= 0.6 is 0 Å². The van der Waals surface area contributed by atoms with Gasteiger partial charge in [0.1, 0.15) is 6.61 Å². The first-order chi connectivity index (χ1) is 35.0. The van der Waals surface area contributed by atoms with Crippen molar-refractivity contribution in [1.29, 1.82) is 0 Å². The van der Waals surface area contributed by atoms with Crippen molar-refractivity contribution in [1.82, 2.24) is 44.9 Å². The molecule has 71 heavy (non-hydrogen) atoms. The Hall–Kier alpha value is -8.79.